The van der Waals surface area contributed by atoms with Crippen LogP contribution in [-0.4, -0.2) is 77.8 Å². The van der Waals surface area contributed by atoms with Gasteiger partial charge in [-0.1, -0.05) is 60.7 Å². The highest BCUT2D eigenvalue weighted by Gasteiger charge is 2.41. The molecule has 0 bridgehead atoms. The van der Waals surface area contributed by atoms with E-state index in [0.29, 0.717) is 57.1 Å². The first-order valence-corrected chi connectivity index (χ1v) is 15.5. The Morgan fingerprint density at radius 1 is 1.15 bits per heavy atom. The molecule has 3 atom stereocenters. The van der Waals surface area contributed by atoms with Crippen molar-refractivity contribution in [1.82, 2.24) is 25.7 Å². The highest BCUT2D eigenvalue weighted by atomic mass is 32.1. The Kier molecular flexibility index (Phi) is 9.79. The lowest BCUT2D eigenvalue weighted by atomic mass is 9.75. The van der Waals surface area contributed by atoms with Crippen LogP contribution in [0.5, 0.6) is 0 Å². The number of hydrogen-bond acceptors (Lipinski definition) is 8. The highest BCUT2D eigenvalue weighted by molar-refractivity contribution is 7.15. The zero-order valence-electron chi connectivity index (χ0n) is 23.6. The van der Waals surface area contributed by atoms with Crippen molar-refractivity contribution in [3.8, 4) is 0 Å². The second-order valence-electron chi connectivity index (χ2n) is 11.3. The van der Waals surface area contributed by atoms with Crippen LogP contribution in [-0.2, 0) is 32.0 Å². The summed E-state index contributed by atoms with van der Waals surface area (Å²) in [5.74, 6) is -0.190. The topological polar surface area (TPSA) is 126 Å². The van der Waals surface area contributed by atoms with Crippen LogP contribution in [0, 0.1) is 11.3 Å². The third-order valence-corrected chi connectivity index (χ3v) is 9.46. The molecule has 1 spiro atoms. The van der Waals surface area contributed by atoms with Crippen molar-refractivity contribution in [1.29, 1.82) is 0 Å². The van der Waals surface area contributed by atoms with E-state index in [0.717, 1.165) is 29.8 Å². The molecule has 1 aromatic carbocycles. The number of benzene rings is 1. The summed E-state index contributed by atoms with van der Waals surface area (Å²) in [6.07, 6.45) is 8.85. The van der Waals surface area contributed by atoms with E-state index in [1.165, 1.54) is 11.3 Å². The Hall–Kier alpha value is -3.15. The minimum Gasteiger partial charge on any atom is -0.381 e. The van der Waals surface area contributed by atoms with Gasteiger partial charge in [-0.15, -0.1) is 10.2 Å². The van der Waals surface area contributed by atoms with Gasteiger partial charge < -0.3 is 15.4 Å². The minimum atomic E-state index is -0.669. The maximum absolute atomic E-state index is 13.7. The number of likely N-dealkylation sites (tertiary alicyclic amines) is 1. The number of piperidine rings is 1. The largest absolute Gasteiger partial charge is 0.381 e. The zero-order chi connectivity index (χ0) is 28.7. The molecule has 0 unspecified atom stereocenters. The highest BCUT2D eigenvalue weighted by Crippen LogP contribution is 2.36. The average Bonchev–Trinajstić information content (AvgIpc) is 3.44. The Morgan fingerprint density at radius 3 is 2.71 bits per heavy atom. The number of nitrogens with zero attached hydrogens (tertiary/aromatic N) is 3. The first kappa shape index (κ1) is 29.3. The molecule has 2 aromatic rings. The second-order valence-corrected chi connectivity index (χ2v) is 12.4. The summed E-state index contributed by atoms with van der Waals surface area (Å²) >= 11 is 1.40. The number of carbonyl (C=O) groups is 3. The Morgan fingerprint density at radius 2 is 1.95 bits per heavy atom. The molecule has 0 saturated carbocycles. The molecule has 3 aliphatic rings. The van der Waals surface area contributed by atoms with Crippen molar-refractivity contribution in [2.75, 3.05) is 38.2 Å². The fraction of sp³-hybridized carbons (Fsp3) is 0.567. The molecule has 2 fully saturated rings. The standard InChI is InChI=1S/C30H40N6O4S/c1-2-26-34-35-29(41-26)33-25(37)20-36-15-11-23-22(19-36)10-6-7-12-30(13-16-40-17-14-30)28(39)32-24(27(38)31-23)18-21-8-4-3-5-9-21/h3-9,22-24H,2,10-20H2,1H3,(H,31,38)(H,32,39)(H,33,35,37)/b7-6+/t22-,23+,24-/m1/s1. The summed E-state index contributed by atoms with van der Waals surface area (Å²) in [4.78, 5) is 42.4. The SMILES string of the molecule is CCc1nnc(NC(=O)CN2CC[C@@H]3NC(=O)[C@@H](Cc4ccccc4)NC(=O)C4(C/C=C/C[C@@H]3C2)CCOCC4)s1. The molecule has 10 nitrogen and oxygen atoms in total. The van der Waals surface area contributed by atoms with Gasteiger partial charge in [0.15, 0.2) is 0 Å². The van der Waals surface area contributed by atoms with E-state index >= 15 is 0 Å². The Labute approximate surface area is 245 Å². The number of carbonyl (C=O) groups excluding carboxylic acids is 3. The molecular weight excluding hydrogens is 540 g/mol. The molecule has 3 N–H and O–H groups in total. The van der Waals surface area contributed by atoms with Gasteiger partial charge in [-0.3, -0.25) is 24.6 Å². The van der Waals surface area contributed by atoms with Crippen LogP contribution < -0.4 is 16.0 Å². The van der Waals surface area contributed by atoms with Crippen LogP contribution in [0.2, 0.25) is 0 Å². The molecule has 220 valence electrons. The number of rotatable bonds is 6. The van der Waals surface area contributed by atoms with Gasteiger partial charge in [-0.05, 0) is 50.0 Å². The summed E-state index contributed by atoms with van der Waals surface area (Å²) in [6.45, 7) is 4.72. The molecule has 3 aliphatic heterocycles. The zero-order valence-corrected chi connectivity index (χ0v) is 24.5. The number of ether oxygens (including phenoxy) is 1. The molecule has 0 aliphatic carbocycles. The number of nitrogens with one attached hydrogen (secondary N) is 3. The van der Waals surface area contributed by atoms with E-state index in [4.69, 9.17) is 4.74 Å². The average molecular weight is 581 g/mol. The number of anilines is 1. The normalized spacial score (nSPS) is 26.1. The third-order valence-electron chi connectivity index (χ3n) is 8.48. The van der Waals surface area contributed by atoms with Crippen molar-refractivity contribution >= 4 is 34.2 Å². The van der Waals surface area contributed by atoms with Gasteiger partial charge in [0.1, 0.15) is 11.0 Å². The lowest BCUT2D eigenvalue weighted by molar-refractivity contribution is -0.140. The maximum atomic E-state index is 13.7. The molecule has 41 heavy (non-hydrogen) atoms. The van der Waals surface area contributed by atoms with Gasteiger partial charge in [-0.2, -0.15) is 0 Å². The molecular formula is C30H40N6O4S. The molecule has 1 aromatic heterocycles. The first-order chi connectivity index (χ1) is 19.9. The van der Waals surface area contributed by atoms with Gasteiger partial charge in [0.05, 0.1) is 12.0 Å². The van der Waals surface area contributed by atoms with Crippen molar-refractivity contribution in [3.05, 3.63) is 53.1 Å². The van der Waals surface area contributed by atoms with Gasteiger partial charge in [-0.25, -0.2) is 0 Å². The summed E-state index contributed by atoms with van der Waals surface area (Å²) < 4.78 is 5.59. The monoisotopic (exact) mass is 580 g/mol. The lowest BCUT2D eigenvalue weighted by Gasteiger charge is -2.40. The molecule has 2 saturated heterocycles. The quantitative estimate of drug-likeness (QED) is 0.449. The molecule has 5 rings (SSSR count). The summed E-state index contributed by atoms with van der Waals surface area (Å²) in [5, 5.41) is 18.8. The van der Waals surface area contributed by atoms with Gasteiger partial charge in [0.2, 0.25) is 22.9 Å². The minimum absolute atomic E-state index is 0.0478. The maximum Gasteiger partial charge on any atom is 0.243 e. The van der Waals surface area contributed by atoms with E-state index in [2.05, 4.69) is 43.2 Å². The number of amides is 3. The fourth-order valence-electron chi connectivity index (χ4n) is 6.01. The van der Waals surface area contributed by atoms with Crippen LogP contribution in [0.3, 0.4) is 0 Å². The van der Waals surface area contributed by atoms with Crippen molar-refractivity contribution < 1.29 is 19.1 Å². The number of allylic oxidation sites excluding steroid dienone is 2. The van der Waals surface area contributed by atoms with Crippen LogP contribution in [0.1, 0.15) is 49.6 Å². The second kappa shape index (κ2) is 13.7. The Bertz CT molecular complexity index is 1230. The van der Waals surface area contributed by atoms with Gasteiger partial charge in [0.25, 0.3) is 0 Å². The van der Waals surface area contributed by atoms with E-state index in [-0.39, 0.29) is 36.2 Å². The van der Waals surface area contributed by atoms with Crippen molar-refractivity contribution in [2.24, 2.45) is 11.3 Å². The molecule has 3 amide bonds. The number of aryl methyl sites for hydroxylation is 1. The van der Waals surface area contributed by atoms with E-state index < -0.39 is 11.5 Å². The Balaban J connectivity index is 1.30. The van der Waals surface area contributed by atoms with Gasteiger partial charge >= 0.3 is 0 Å². The first-order valence-electron chi connectivity index (χ1n) is 14.7. The van der Waals surface area contributed by atoms with Crippen molar-refractivity contribution in [3.63, 3.8) is 0 Å². The fourth-order valence-corrected chi connectivity index (χ4v) is 6.70. The summed E-state index contributed by atoms with van der Waals surface area (Å²) in [6, 6.07) is 9.10. The number of hydrogen-bond donors (Lipinski definition) is 3. The van der Waals surface area contributed by atoms with Crippen molar-refractivity contribution in [2.45, 2.75) is 64.0 Å². The predicted octanol–water partition coefficient (Wildman–Crippen LogP) is 2.72. The smallest absolute Gasteiger partial charge is 0.243 e. The molecule has 4 heterocycles. The summed E-state index contributed by atoms with van der Waals surface area (Å²) in [5.41, 5.74) is 0.418. The third kappa shape index (κ3) is 7.58. The van der Waals surface area contributed by atoms with Crippen LogP contribution in [0.4, 0.5) is 5.13 Å². The van der Waals surface area contributed by atoms with E-state index in [1.54, 1.807) is 0 Å². The predicted molar refractivity (Wildman–Crippen MR) is 157 cm³/mol. The lowest BCUT2D eigenvalue weighted by Crippen LogP contribution is -2.58. The van der Waals surface area contributed by atoms with Crippen LogP contribution in [0.25, 0.3) is 0 Å². The number of aromatic nitrogens is 2. The van der Waals surface area contributed by atoms with Gasteiger partial charge in [0, 0.05) is 38.8 Å². The van der Waals surface area contributed by atoms with E-state index in [1.807, 2.05) is 37.3 Å². The molecule has 11 heteroatoms. The van der Waals surface area contributed by atoms with E-state index in [9.17, 15) is 14.4 Å². The summed E-state index contributed by atoms with van der Waals surface area (Å²) in [7, 11) is 0. The molecule has 0 radical (unpaired) electrons. The number of fused-ring (bicyclic) bond motifs is 1. The van der Waals surface area contributed by atoms with Crippen LogP contribution in [0.15, 0.2) is 42.5 Å². The van der Waals surface area contributed by atoms with Crippen LogP contribution >= 0.6 is 11.3 Å².